The predicted octanol–water partition coefficient (Wildman–Crippen LogP) is 1.22. The van der Waals surface area contributed by atoms with Gasteiger partial charge in [0.15, 0.2) is 11.0 Å². The third-order valence-corrected chi connectivity index (χ3v) is 3.81. The highest BCUT2D eigenvalue weighted by Crippen LogP contribution is 2.27. The second-order valence-corrected chi connectivity index (χ2v) is 4.95. The van der Waals surface area contributed by atoms with E-state index in [1.54, 1.807) is 12.1 Å². The summed E-state index contributed by atoms with van der Waals surface area (Å²) in [4.78, 5) is 10.6. The van der Waals surface area contributed by atoms with Crippen LogP contribution in [0.25, 0.3) is 11.0 Å². The van der Waals surface area contributed by atoms with Gasteiger partial charge >= 0.3 is 0 Å². The van der Waals surface area contributed by atoms with Crippen molar-refractivity contribution in [3.8, 4) is 0 Å². The van der Waals surface area contributed by atoms with Gasteiger partial charge in [0.05, 0.1) is 23.6 Å². The standard InChI is InChI=1S/C12H12Cl2N2O2/c1-7-15(2)10-5-8(13)9(14)6-11(10)16(7)4-3-12(17)18/h5-6H,3-4H2,1-2H3. The van der Waals surface area contributed by atoms with Crippen LogP contribution in [-0.4, -0.2) is 10.5 Å². The summed E-state index contributed by atoms with van der Waals surface area (Å²) < 4.78 is 3.85. The van der Waals surface area contributed by atoms with Crippen LogP contribution in [0.5, 0.6) is 0 Å². The van der Waals surface area contributed by atoms with E-state index in [2.05, 4.69) is 0 Å². The van der Waals surface area contributed by atoms with Crippen molar-refractivity contribution in [2.24, 2.45) is 7.05 Å². The molecule has 0 aliphatic carbocycles. The lowest BCUT2D eigenvalue weighted by Crippen LogP contribution is -2.31. The van der Waals surface area contributed by atoms with Gasteiger partial charge in [0.2, 0.25) is 0 Å². The second kappa shape index (κ2) is 4.78. The van der Waals surface area contributed by atoms with E-state index < -0.39 is 5.97 Å². The van der Waals surface area contributed by atoms with E-state index in [9.17, 15) is 9.90 Å². The van der Waals surface area contributed by atoms with Gasteiger partial charge in [-0.1, -0.05) is 23.2 Å². The van der Waals surface area contributed by atoms with Gasteiger partial charge in [-0.2, -0.15) is 0 Å². The van der Waals surface area contributed by atoms with Gasteiger partial charge in [-0.05, 0) is 0 Å². The minimum absolute atomic E-state index is 0.0368. The third-order valence-electron chi connectivity index (χ3n) is 3.09. The lowest BCUT2D eigenvalue weighted by atomic mass is 10.3. The van der Waals surface area contributed by atoms with Crippen LogP contribution in [0, 0.1) is 6.92 Å². The first kappa shape index (κ1) is 13.2. The van der Waals surface area contributed by atoms with Crippen LogP contribution in [0.2, 0.25) is 10.0 Å². The van der Waals surface area contributed by atoms with Crippen LogP contribution in [0.1, 0.15) is 12.2 Å². The molecule has 0 aliphatic rings. The van der Waals surface area contributed by atoms with Gasteiger partial charge in [0.1, 0.15) is 0 Å². The number of aliphatic carboxylic acids is 1. The first-order valence-corrected chi connectivity index (χ1v) is 6.21. The molecule has 1 heterocycles. The highest BCUT2D eigenvalue weighted by atomic mass is 35.5. The molecular formula is C12H12Cl2N2O2. The van der Waals surface area contributed by atoms with Gasteiger partial charge in [-0.3, -0.25) is 0 Å². The van der Waals surface area contributed by atoms with Crippen LogP contribution < -0.4 is 9.67 Å². The molecule has 0 radical (unpaired) electrons. The first-order valence-electron chi connectivity index (χ1n) is 5.45. The molecule has 6 heteroatoms. The fraction of sp³-hybridized carbons (Fsp3) is 0.333. The third kappa shape index (κ3) is 2.18. The second-order valence-electron chi connectivity index (χ2n) is 4.13. The summed E-state index contributed by atoms with van der Waals surface area (Å²) in [5.74, 6) is -0.136. The molecule has 0 fully saturated rings. The Morgan fingerprint density at radius 3 is 2.61 bits per heavy atom. The number of hydrogen-bond donors (Lipinski definition) is 0. The molecule has 0 N–H and O–H groups in total. The van der Waals surface area contributed by atoms with Crippen LogP contribution >= 0.6 is 23.2 Å². The summed E-state index contributed by atoms with van der Waals surface area (Å²) in [7, 11) is 1.90. The first-order chi connectivity index (χ1) is 8.41. The lowest BCUT2D eigenvalue weighted by molar-refractivity contribution is -0.652. The highest BCUT2D eigenvalue weighted by Gasteiger charge is 2.20. The van der Waals surface area contributed by atoms with E-state index in [0.717, 1.165) is 16.9 Å². The molecule has 2 aromatic rings. The van der Waals surface area contributed by atoms with Crippen molar-refractivity contribution in [2.75, 3.05) is 0 Å². The quantitative estimate of drug-likeness (QED) is 0.797. The molecule has 0 spiro atoms. The average molecular weight is 287 g/mol. The summed E-state index contributed by atoms with van der Waals surface area (Å²) in [6.07, 6.45) is -0.0368. The number of rotatable bonds is 3. The predicted molar refractivity (Wildman–Crippen MR) is 67.5 cm³/mol. The van der Waals surface area contributed by atoms with Gasteiger partial charge < -0.3 is 9.90 Å². The largest absolute Gasteiger partial charge is 0.550 e. The monoisotopic (exact) mass is 286 g/mol. The number of fused-ring (bicyclic) bond motifs is 1. The Kier molecular flexibility index (Phi) is 3.50. The molecule has 0 saturated carbocycles. The highest BCUT2D eigenvalue weighted by molar-refractivity contribution is 6.42. The number of nitrogens with zero attached hydrogens (tertiary/aromatic N) is 2. The van der Waals surface area contributed by atoms with E-state index in [0.29, 0.717) is 16.6 Å². The zero-order valence-corrected chi connectivity index (χ0v) is 11.5. The zero-order chi connectivity index (χ0) is 13.4. The van der Waals surface area contributed by atoms with Crippen molar-refractivity contribution in [1.29, 1.82) is 0 Å². The number of halogens is 2. The van der Waals surface area contributed by atoms with Crippen molar-refractivity contribution < 1.29 is 14.5 Å². The van der Waals surface area contributed by atoms with Crippen LogP contribution in [0.4, 0.5) is 0 Å². The summed E-state index contributed by atoms with van der Waals surface area (Å²) in [5, 5.41) is 11.5. The van der Waals surface area contributed by atoms with Gasteiger partial charge in [-0.15, -0.1) is 0 Å². The van der Waals surface area contributed by atoms with E-state index in [1.165, 1.54) is 0 Å². The van der Waals surface area contributed by atoms with Gasteiger partial charge in [0, 0.05) is 31.4 Å². The molecular weight excluding hydrogens is 275 g/mol. The zero-order valence-electron chi connectivity index (χ0n) is 10.0. The molecule has 1 aromatic heterocycles. The minimum Gasteiger partial charge on any atom is -0.550 e. The molecule has 0 aliphatic heterocycles. The Balaban J connectivity index is 2.61. The Morgan fingerprint density at radius 1 is 1.39 bits per heavy atom. The van der Waals surface area contributed by atoms with Crippen LogP contribution in [0.3, 0.4) is 0 Å². The number of aryl methyl sites for hydroxylation is 2. The number of carboxylic acids is 1. The molecule has 0 amide bonds. The van der Waals surface area contributed by atoms with Crippen LogP contribution in [0.15, 0.2) is 12.1 Å². The summed E-state index contributed by atoms with van der Waals surface area (Å²) in [6, 6.07) is 3.53. The maximum absolute atomic E-state index is 10.6. The van der Waals surface area contributed by atoms with Crippen LogP contribution in [-0.2, 0) is 18.4 Å². The number of carbonyl (C=O) groups is 1. The maximum atomic E-state index is 10.6. The Bertz CT molecular complexity index is 635. The Hall–Kier alpha value is -1.26. The SMILES string of the molecule is Cc1n(CCC(=O)[O-])c2cc(Cl)c(Cl)cc2[n+]1C. The molecule has 0 saturated heterocycles. The van der Waals surface area contributed by atoms with Crippen molar-refractivity contribution >= 4 is 40.2 Å². The Labute approximate surface area is 114 Å². The van der Waals surface area contributed by atoms with Crippen molar-refractivity contribution in [2.45, 2.75) is 19.9 Å². The maximum Gasteiger partial charge on any atom is 0.254 e. The van der Waals surface area contributed by atoms with Crippen molar-refractivity contribution in [3.63, 3.8) is 0 Å². The summed E-state index contributed by atoms with van der Waals surface area (Å²) >= 11 is 12.0. The topological polar surface area (TPSA) is 48.9 Å². The van der Waals surface area contributed by atoms with E-state index >= 15 is 0 Å². The normalized spacial score (nSPS) is 11.1. The molecule has 0 bridgehead atoms. The van der Waals surface area contributed by atoms with Gasteiger partial charge in [0.25, 0.3) is 5.82 Å². The molecule has 0 unspecified atom stereocenters. The number of imidazole rings is 1. The molecule has 4 nitrogen and oxygen atoms in total. The smallest absolute Gasteiger partial charge is 0.254 e. The van der Waals surface area contributed by atoms with E-state index in [-0.39, 0.29) is 6.42 Å². The van der Waals surface area contributed by atoms with Gasteiger partial charge in [-0.25, -0.2) is 9.13 Å². The number of aromatic nitrogens is 2. The van der Waals surface area contributed by atoms with Crippen molar-refractivity contribution in [1.82, 2.24) is 4.57 Å². The van der Waals surface area contributed by atoms with Crippen molar-refractivity contribution in [3.05, 3.63) is 28.0 Å². The van der Waals surface area contributed by atoms with E-state index in [1.807, 2.05) is 23.1 Å². The minimum atomic E-state index is -1.07. The molecule has 0 atom stereocenters. The van der Waals surface area contributed by atoms with E-state index in [4.69, 9.17) is 23.2 Å². The summed E-state index contributed by atoms with van der Waals surface area (Å²) in [6.45, 7) is 2.26. The fourth-order valence-corrected chi connectivity index (χ4v) is 2.34. The molecule has 18 heavy (non-hydrogen) atoms. The Morgan fingerprint density at radius 2 is 2.00 bits per heavy atom. The average Bonchev–Trinajstić information content (AvgIpc) is 2.51. The summed E-state index contributed by atoms with van der Waals surface area (Å²) in [5.41, 5.74) is 1.78. The lowest BCUT2D eigenvalue weighted by Gasteiger charge is -2.01. The number of hydrogen-bond acceptors (Lipinski definition) is 2. The number of carboxylic acid groups (broad SMARTS) is 1. The fourth-order valence-electron chi connectivity index (χ4n) is 2.03. The molecule has 1 aromatic carbocycles. The molecule has 2 rings (SSSR count). The molecule has 96 valence electrons. The number of benzene rings is 1. The number of carbonyl (C=O) groups excluding carboxylic acids is 1.